The van der Waals surface area contributed by atoms with E-state index >= 15 is 0 Å². The fourth-order valence-corrected chi connectivity index (χ4v) is 16.8. The van der Waals surface area contributed by atoms with E-state index in [1.807, 2.05) is 106 Å². The van der Waals surface area contributed by atoms with Gasteiger partial charge >= 0.3 is 12.4 Å². The van der Waals surface area contributed by atoms with Crippen molar-refractivity contribution in [2.45, 2.75) is 338 Å². The maximum Gasteiger partial charge on any atom is 0.451 e. The smallest absolute Gasteiger partial charge is 0.377 e. The van der Waals surface area contributed by atoms with Gasteiger partial charge in [0, 0.05) is 171 Å². The van der Waals surface area contributed by atoms with Crippen LogP contribution in [0.25, 0.3) is 5.65 Å². The van der Waals surface area contributed by atoms with Gasteiger partial charge in [0.15, 0.2) is 5.65 Å². The van der Waals surface area contributed by atoms with E-state index < -0.39 is 30.1 Å². The molecule has 137 heavy (non-hydrogen) atoms. The van der Waals surface area contributed by atoms with Crippen LogP contribution in [0.3, 0.4) is 0 Å². The zero-order valence-corrected chi connectivity index (χ0v) is 87.9. The zero-order chi connectivity index (χ0) is 102. The number of rotatable bonds is 17. The van der Waals surface area contributed by atoms with Crippen LogP contribution in [0.4, 0.5) is 49.6 Å². The Balaban J connectivity index is 0.000000197. The number of hydrogen-bond donors (Lipinski definition) is 4. The van der Waals surface area contributed by atoms with E-state index in [0.29, 0.717) is 68.1 Å². The molecule has 1 unspecified atom stereocenters. The average Bonchev–Trinajstić information content (AvgIpc) is 1.30. The molecule has 0 aromatic carbocycles. The third-order valence-electron chi connectivity index (χ3n) is 24.8. The van der Waals surface area contributed by atoms with Gasteiger partial charge < -0.3 is 45.6 Å². The highest BCUT2D eigenvalue weighted by Gasteiger charge is 2.39. The van der Waals surface area contributed by atoms with Crippen molar-refractivity contribution in [3.8, 4) is 0 Å². The monoisotopic (exact) mass is 1930 g/mol. The van der Waals surface area contributed by atoms with Crippen molar-refractivity contribution in [1.82, 2.24) is 88.9 Å². The molecule has 758 valence electrons. The van der Waals surface area contributed by atoms with Gasteiger partial charge in [-0.05, 0) is 161 Å². The minimum Gasteiger partial charge on any atom is -0.377 e. The van der Waals surface area contributed by atoms with Gasteiger partial charge in [0.2, 0.25) is 23.5 Å². The van der Waals surface area contributed by atoms with Crippen LogP contribution in [0.15, 0.2) is 86.1 Å². The van der Waals surface area contributed by atoms with Gasteiger partial charge in [0.1, 0.15) is 47.4 Å². The van der Waals surface area contributed by atoms with Crippen LogP contribution in [0, 0.1) is 31.6 Å². The molecule has 0 radical (unpaired) electrons. The first-order valence-electron chi connectivity index (χ1n) is 48.9. The summed E-state index contributed by atoms with van der Waals surface area (Å²) in [4.78, 5) is 92.1. The maximum atomic E-state index is 12.8. The zero-order valence-electron chi connectivity index (χ0n) is 87.1. The highest BCUT2D eigenvalue weighted by atomic mass is 35.5. The molecule has 6 aliphatic heterocycles. The molecule has 6 saturated heterocycles. The lowest BCUT2D eigenvalue weighted by molar-refractivity contribution is -0.145. The standard InChI is InChI=1S/C17H25F3N2.2C17H28N4O.C16H26N4O.C15H24N2.C12H16F3N3O.C10H12ClN3/c1-12-9-21-14(8-15(12)16(2,3)4)7-13-5-6-22(10-13)11-17(18,19)20;1-12(2)16(22)21-8-6-13(7-9-21)20-15-10-14(17(3,4)5)18-11-19-15;1-5-6-16(22)21-9-7-13(8-10-21)20-15-11-14(17(2,3)4)18-12-19-15;1-5-15(21)20-8-6-12(7-9-20)19-14-10-13(16(2,3)4)17-11-18-14;1-11-8-16-13(6-12-9-17(5)10-12)7-14(11)15(2,3)4;1-11(2,3)8-4-9(16-7-5-19-6-7)18-10(17-8)12(13,14)15;1-10(2,3)7-6-14-9(12-7)5-4-8(11)13-14/h8-9,13H,5-7,10-11H2,1-4H3;10-13H,6-9H2,1-5H3,(H,18,19,20);11-13H,5-10H2,1-4H3,(H,18,19,20);10-12H,5-9H2,1-4H3,(H,17,18,19);7-8,12H,6,9-10H2,1-5H3;4,7H,5-6H2,1-3H3,(H,16,17,18);4-6H,1-3H3. The molecule has 26 nitrogen and oxygen atoms in total. The van der Waals surface area contributed by atoms with Crippen LogP contribution in [-0.4, -0.2) is 229 Å². The van der Waals surface area contributed by atoms with Gasteiger partial charge in [-0.15, -0.1) is 0 Å². The van der Waals surface area contributed by atoms with Crippen LogP contribution < -0.4 is 21.3 Å². The second-order valence-electron chi connectivity index (χ2n) is 45.1. The van der Waals surface area contributed by atoms with Crippen molar-refractivity contribution < 1.29 is 45.5 Å². The lowest BCUT2D eigenvalue weighted by Gasteiger charge is -2.36. The molecular weight excluding hydrogens is 1770 g/mol. The molecule has 6 aliphatic rings. The molecule has 0 spiro atoms. The maximum absolute atomic E-state index is 12.8. The number of hydrogen-bond acceptors (Lipinski definition) is 22. The van der Waals surface area contributed by atoms with E-state index in [2.05, 4.69) is 244 Å². The summed E-state index contributed by atoms with van der Waals surface area (Å²) in [5.74, 6) is 3.71. The molecule has 14 heterocycles. The Kier molecular flexibility index (Phi) is 40.1. The van der Waals surface area contributed by atoms with E-state index in [4.69, 9.17) is 16.3 Å². The molecule has 14 rings (SSSR count). The van der Waals surface area contributed by atoms with E-state index in [1.54, 1.807) is 35.6 Å². The van der Waals surface area contributed by atoms with E-state index in [-0.39, 0.29) is 73.9 Å². The number of nitrogens with one attached hydrogen (secondary N) is 4. The number of imidazole rings is 1. The van der Waals surface area contributed by atoms with Crippen molar-refractivity contribution in [2.24, 2.45) is 17.8 Å². The summed E-state index contributed by atoms with van der Waals surface area (Å²) in [5.41, 5.74) is 12.7. The Bertz CT molecular complexity index is 5110. The summed E-state index contributed by atoms with van der Waals surface area (Å²) >= 11 is 5.78. The minimum absolute atomic E-state index is 0.0174. The number of alkyl halides is 6. The second kappa shape index (κ2) is 48.7. The lowest BCUT2D eigenvalue weighted by Crippen LogP contribution is -2.44. The molecule has 3 amide bonds. The topological polar surface area (TPSA) is 284 Å². The van der Waals surface area contributed by atoms with Gasteiger partial charge in [-0.2, -0.15) is 31.4 Å². The minimum atomic E-state index is -4.55. The van der Waals surface area contributed by atoms with Gasteiger partial charge in [0.25, 0.3) is 0 Å². The predicted octanol–water partition coefficient (Wildman–Crippen LogP) is 20.6. The molecule has 8 aromatic heterocycles. The summed E-state index contributed by atoms with van der Waals surface area (Å²) in [7, 11) is 2.18. The Morgan fingerprint density at radius 1 is 0.460 bits per heavy atom. The Hall–Kier alpha value is -9.40. The number of piperidine rings is 3. The number of aromatic nitrogens is 13. The van der Waals surface area contributed by atoms with E-state index in [0.717, 1.165) is 161 Å². The number of nitrogens with zero attached hydrogens (tertiary/aromatic N) is 18. The highest BCUT2D eigenvalue weighted by Crippen LogP contribution is 2.36. The van der Waals surface area contributed by atoms with Crippen LogP contribution in [0.1, 0.15) is 305 Å². The largest absolute Gasteiger partial charge is 0.451 e. The number of aryl methyl sites for hydroxylation is 2. The second-order valence-corrected chi connectivity index (χ2v) is 45.5. The van der Waals surface area contributed by atoms with Crippen LogP contribution in [0.2, 0.25) is 5.15 Å². The normalized spacial score (nSPS) is 17.2. The first kappa shape index (κ1) is 113. The quantitative estimate of drug-likeness (QED) is 0.0616. The number of halogens is 7. The van der Waals surface area contributed by atoms with Gasteiger partial charge in [0.05, 0.1) is 60.5 Å². The predicted molar refractivity (Wildman–Crippen MR) is 537 cm³/mol. The molecular formula is C104H159ClF6N22O4. The lowest BCUT2D eigenvalue weighted by atomic mass is 9.83. The molecule has 0 aliphatic carbocycles. The van der Waals surface area contributed by atoms with Crippen molar-refractivity contribution in [3.63, 3.8) is 0 Å². The van der Waals surface area contributed by atoms with E-state index in [1.165, 1.54) is 45.9 Å². The number of likely N-dealkylation sites (tertiary alicyclic amines) is 5. The number of carbonyl (C=O) groups excluding carboxylic acids is 3. The summed E-state index contributed by atoms with van der Waals surface area (Å²) in [5, 5.41) is 18.0. The average molecular weight is 1930 g/mol. The Labute approximate surface area is 817 Å². The van der Waals surface area contributed by atoms with Gasteiger partial charge in [-0.25, -0.2) is 49.4 Å². The summed E-state index contributed by atoms with van der Waals surface area (Å²) in [6.45, 7) is 65.2. The number of ether oxygens (including phenoxy) is 1. The summed E-state index contributed by atoms with van der Waals surface area (Å²) in [6.07, 6.45) is 12.8. The van der Waals surface area contributed by atoms with Crippen molar-refractivity contribution >= 4 is 58.2 Å². The first-order valence-corrected chi connectivity index (χ1v) is 49.3. The molecule has 0 saturated carbocycles. The SMILES string of the molecule is CC(C)(C)c1cc(NC2COC2)nc(C(F)(F)F)n1.CC(C)(C)c1cn2nc(Cl)ccc2n1.CC(C)C(=O)N1CCC(Nc2cc(C(C)(C)C)ncn2)CC1.CCC(=O)N1CCC(Nc2cc(C(C)(C)C)ncn2)CC1.CCCC(=O)N1CCC(Nc2cc(C(C)(C)C)ncn2)CC1.Cc1cnc(CC2CCN(CC(F)(F)F)C2)cc1C(C)(C)C.Cc1cnc(CC2CN(C)C2)cc1C(C)(C)C. The highest BCUT2D eigenvalue weighted by molar-refractivity contribution is 6.29. The van der Waals surface area contributed by atoms with Crippen LogP contribution in [-0.2, 0) is 76.0 Å². The van der Waals surface area contributed by atoms with Crippen molar-refractivity contribution in [1.29, 1.82) is 0 Å². The molecule has 1 atom stereocenters. The van der Waals surface area contributed by atoms with E-state index in [9.17, 15) is 40.7 Å². The molecule has 6 fully saturated rings. The molecule has 4 N–H and O–H groups in total. The third-order valence-corrected chi connectivity index (χ3v) is 25.0. The first-order chi connectivity index (χ1) is 63.6. The third kappa shape index (κ3) is 37.0. The number of fused-ring (bicyclic) bond motifs is 1. The molecule has 0 bridgehead atoms. The summed E-state index contributed by atoms with van der Waals surface area (Å²) in [6, 6.07) is 16.9. The number of anilines is 4. The Morgan fingerprint density at radius 2 is 0.869 bits per heavy atom. The van der Waals surface area contributed by atoms with Crippen LogP contribution >= 0.6 is 11.6 Å². The number of pyridine rings is 2. The molecule has 33 heteroatoms. The van der Waals surface area contributed by atoms with Gasteiger partial charge in [-0.3, -0.25) is 29.3 Å². The van der Waals surface area contributed by atoms with Crippen molar-refractivity contribution in [2.75, 3.05) is 114 Å². The van der Waals surface area contributed by atoms with Crippen LogP contribution in [0.5, 0.6) is 0 Å². The number of carbonyl (C=O) groups is 3. The fraction of sp³-hybridized carbons (Fsp3) is 0.663. The fourth-order valence-electron chi connectivity index (χ4n) is 16.7. The van der Waals surface area contributed by atoms with Crippen molar-refractivity contribution in [3.05, 3.63) is 159 Å². The molecule has 8 aromatic rings. The number of amides is 3. The summed E-state index contributed by atoms with van der Waals surface area (Å²) < 4.78 is 82.4. The Morgan fingerprint density at radius 3 is 1.24 bits per heavy atom. The van der Waals surface area contributed by atoms with Gasteiger partial charge in [-0.1, -0.05) is 185 Å².